The Morgan fingerprint density at radius 3 is 2.83 bits per heavy atom. The molecule has 18 heavy (non-hydrogen) atoms. The zero-order valence-corrected chi connectivity index (χ0v) is 11.0. The number of methoxy groups -OCH3 is 1. The van der Waals surface area contributed by atoms with Crippen LogP contribution in [-0.4, -0.2) is 34.2 Å². The van der Waals surface area contributed by atoms with E-state index in [-0.39, 0.29) is 0 Å². The van der Waals surface area contributed by atoms with Crippen LogP contribution < -0.4 is 4.74 Å². The summed E-state index contributed by atoms with van der Waals surface area (Å²) in [5.41, 5.74) is 2.45. The third-order valence-corrected chi connectivity index (χ3v) is 2.94. The lowest BCUT2D eigenvalue weighted by Gasteiger charge is -2.17. The summed E-state index contributed by atoms with van der Waals surface area (Å²) in [7, 11) is 3.76. The van der Waals surface area contributed by atoms with Gasteiger partial charge in [0, 0.05) is 6.54 Å². The molecule has 0 unspecified atom stereocenters. The number of benzene rings is 1. The Morgan fingerprint density at radius 2 is 2.17 bits per heavy atom. The van der Waals surface area contributed by atoms with Gasteiger partial charge in [0.1, 0.15) is 17.9 Å². The van der Waals surface area contributed by atoms with Crippen molar-refractivity contribution in [3.05, 3.63) is 41.5 Å². The highest BCUT2D eigenvalue weighted by molar-refractivity contribution is 5.38. The standard InChI is InChI=1S/C13H18N4O/c1-10-11(5-4-6-12(10)18-3)7-17(2)8-13-14-9-15-16-13/h4-6,9H,7-8H2,1-3H3,(H,14,15,16). The molecular formula is C13H18N4O. The Morgan fingerprint density at radius 1 is 1.33 bits per heavy atom. The zero-order chi connectivity index (χ0) is 13.0. The first-order chi connectivity index (χ1) is 8.70. The molecule has 5 nitrogen and oxygen atoms in total. The Hall–Kier alpha value is -1.88. The van der Waals surface area contributed by atoms with Gasteiger partial charge in [-0.05, 0) is 31.2 Å². The van der Waals surface area contributed by atoms with Crippen molar-refractivity contribution in [2.75, 3.05) is 14.2 Å². The first-order valence-corrected chi connectivity index (χ1v) is 5.86. The zero-order valence-electron chi connectivity index (χ0n) is 11.0. The number of hydrogen-bond donors (Lipinski definition) is 1. The van der Waals surface area contributed by atoms with Gasteiger partial charge in [0.05, 0.1) is 13.7 Å². The molecule has 1 aromatic carbocycles. The van der Waals surface area contributed by atoms with E-state index >= 15 is 0 Å². The van der Waals surface area contributed by atoms with Crippen molar-refractivity contribution in [2.24, 2.45) is 0 Å². The summed E-state index contributed by atoms with van der Waals surface area (Å²) >= 11 is 0. The van der Waals surface area contributed by atoms with Crippen LogP contribution in [0.2, 0.25) is 0 Å². The van der Waals surface area contributed by atoms with Crippen LogP contribution in [0.4, 0.5) is 0 Å². The largest absolute Gasteiger partial charge is 0.496 e. The maximum atomic E-state index is 5.33. The van der Waals surface area contributed by atoms with Crippen LogP contribution in [0.5, 0.6) is 5.75 Å². The number of hydrogen-bond acceptors (Lipinski definition) is 4. The number of aromatic amines is 1. The van der Waals surface area contributed by atoms with E-state index in [1.807, 2.05) is 12.1 Å². The van der Waals surface area contributed by atoms with Crippen molar-refractivity contribution in [2.45, 2.75) is 20.0 Å². The van der Waals surface area contributed by atoms with Gasteiger partial charge in [0.25, 0.3) is 0 Å². The first kappa shape index (κ1) is 12.6. The molecule has 0 bridgehead atoms. The predicted molar refractivity (Wildman–Crippen MR) is 69.3 cm³/mol. The number of H-pyrrole nitrogens is 1. The molecular weight excluding hydrogens is 228 g/mol. The van der Waals surface area contributed by atoms with E-state index in [2.05, 4.69) is 40.1 Å². The van der Waals surface area contributed by atoms with Crippen molar-refractivity contribution in [3.63, 3.8) is 0 Å². The molecule has 0 radical (unpaired) electrons. The maximum Gasteiger partial charge on any atom is 0.138 e. The minimum atomic E-state index is 0.747. The average molecular weight is 246 g/mol. The molecule has 0 aliphatic heterocycles. The van der Waals surface area contributed by atoms with Crippen molar-refractivity contribution in [3.8, 4) is 5.75 Å². The van der Waals surface area contributed by atoms with Gasteiger partial charge >= 0.3 is 0 Å². The summed E-state index contributed by atoms with van der Waals surface area (Å²) in [5.74, 6) is 1.80. The minimum Gasteiger partial charge on any atom is -0.496 e. The number of nitrogens with zero attached hydrogens (tertiary/aromatic N) is 3. The van der Waals surface area contributed by atoms with Crippen molar-refractivity contribution < 1.29 is 4.74 Å². The fourth-order valence-corrected chi connectivity index (χ4v) is 1.96. The topological polar surface area (TPSA) is 54.0 Å². The summed E-state index contributed by atoms with van der Waals surface area (Å²) in [4.78, 5) is 6.30. The van der Waals surface area contributed by atoms with Crippen molar-refractivity contribution in [1.82, 2.24) is 20.1 Å². The second-order valence-electron chi connectivity index (χ2n) is 4.35. The average Bonchev–Trinajstić information content (AvgIpc) is 2.84. The second kappa shape index (κ2) is 5.64. The van der Waals surface area contributed by atoms with Gasteiger partial charge in [0.15, 0.2) is 0 Å². The Kier molecular flexibility index (Phi) is 3.94. The summed E-state index contributed by atoms with van der Waals surface area (Å²) in [6.45, 7) is 3.68. The second-order valence-corrected chi connectivity index (χ2v) is 4.35. The third kappa shape index (κ3) is 2.87. The smallest absolute Gasteiger partial charge is 0.138 e. The van der Waals surface area contributed by atoms with Crippen LogP contribution in [0.25, 0.3) is 0 Å². The lowest BCUT2D eigenvalue weighted by Crippen LogP contribution is -2.18. The number of rotatable bonds is 5. The number of nitrogens with one attached hydrogen (secondary N) is 1. The highest BCUT2D eigenvalue weighted by atomic mass is 16.5. The molecule has 0 aliphatic rings. The van der Waals surface area contributed by atoms with Gasteiger partial charge in [-0.25, -0.2) is 4.98 Å². The van der Waals surface area contributed by atoms with Crippen molar-refractivity contribution >= 4 is 0 Å². The molecule has 0 saturated carbocycles. The van der Waals surface area contributed by atoms with Gasteiger partial charge in [-0.3, -0.25) is 10.00 Å². The summed E-state index contributed by atoms with van der Waals surface area (Å²) in [6, 6.07) is 6.12. The van der Waals surface area contributed by atoms with Crippen LogP contribution in [0.1, 0.15) is 17.0 Å². The van der Waals surface area contributed by atoms with E-state index in [1.165, 1.54) is 17.5 Å². The summed E-state index contributed by atoms with van der Waals surface area (Å²) in [6.07, 6.45) is 1.53. The molecule has 1 N–H and O–H groups in total. The van der Waals surface area contributed by atoms with Crippen LogP contribution in [-0.2, 0) is 13.1 Å². The SMILES string of the molecule is COc1cccc(CN(C)Cc2ncn[nH]2)c1C. The van der Waals surface area contributed by atoms with Gasteiger partial charge in [0.2, 0.25) is 0 Å². The van der Waals surface area contributed by atoms with E-state index in [1.54, 1.807) is 7.11 Å². The van der Waals surface area contributed by atoms with E-state index in [9.17, 15) is 0 Å². The number of ether oxygens (including phenoxy) is 1. The van der Waals surface area contributed by atoms with Gasteiger partial charge in [-0.2, -0.15) is 5.10 Å². The van der Waals surface area contributed by atoms with E-state index < -0.39 is 0 Å². The minimum absolute atomic E-state index is 0.747. The fourth-order valence-electron chi connectivity index (χ4n) is 1.96. The molecule has 0 aliphatic carbocycles. The van der Waals surface area contributed by atoms with Crippen molar-refractivity contribution in [1.29, 1.82) is 0 Å². The molecule has 5 heteroatoms. The molecule has 0 fully saturated rings. The van der Waals surface area contributed by atoms with Crippen LogP contribution in [0, 0.1) is 6.92 Å². The van der Waals surface area contributed by atoms with Gasteiger partial charge < -0.3 is 4.74 Å². The monoisotopic (exact) mass is 246 g/mol. The molecule has 1 heterocycles. The highest BCUT2D eigenvalue weighted by Crippen LogP contribution is 2.21. The molecule has 2 rings (SSSR count). The van der Waals surface area contributed by atoms with Crippen LogP contribution in [0.3, 0.4) is 0 Å². The summed E-state index contributed by atoms with van der Waals surface area (Å²) in [5, 5.41) is 6.71. The van der Waals surface area contributed by atoms with E-state index in [0.29, 0.717) is 0 Å². The molecule has 0 amide bonds. The Balaban J connectivity index is 2.05. The lowest BCUT2D eigenvalue weighted by molar-refractivity contribution is 0.309. The highest BCUT2D eigenvalue weighted by Gasteiger charge is 2.08. The summed E-state index contributed by atoms with van der Waals surface area (Å²) < 4.78 is 5.33. The molecule has 96 valence electrons. The molecule has 0 saturated heterocycles. The first-order valence-electron chi connectivity index (χ1n) is 5.86. The third-order valence-electron chi connectivity index (χ3n) is 2.94. The Bertz CT molecular complexity index is 496. The number of aromatic nitrogens is 3. The molecule has 0 spiro atoms. The van der Waals surface area contributed by atoms with Gasteiger partial charge in [-0.15, -0.1) is 0 Å². The van der Waals surface area contributed by atoms with Crippen LogP contribution in [0.15, 0.2) is 24.5 Å². The quantitative estimate of drug-likeness (QED) is 0.873. The van der Waals surface area contributed by atoms with Gasteiger partial charge in [-0.1, -0.05) is 12.1 Å². The predicted octanol–water partition coefficient (Wildman–Crippen LogP) is 1.75. The maximum absolute atomic E-state index is 5.33. The van der Waals surface area contributed by atoms with E-state index in [4.69, 9.17) is 4.74 Å². The lowest BCUT2D eigenvalue weighted by atomic mass is 10.1. The fraction of sp³-hybridized carbons (Fsp3) is 0.385. The van der Waals surface area contributed by atoms with Crippen LogP contribution >= 0.6 is 0 Å². The molecule has 1 aromatic heterocycles. The molecule has 0 atom stereocenters. The van der Waals surface area contributed by atoms with E-state index in [0.717, 1.165) is 24.7 Å². The molecule has 2 aromatic rings. The normalized spacial score (nSPS) is 10.9. The Labute approximate surface area is 107 Å².